The van der Waals surface area contributed by atoms with Gasteiger partial charge < -0.3 is 20.9 Å². The van der Waals surface area contributed by atoms with E-state index in [9.17, 15) is 14.7 Å². The summed E-state index contributed by atoms with van der Waals surface area (Å²) in [5.41, 5.74) is 6.46. The number of aliphatic hydroxyl groups is 1. The minimum absolute atomic E-state index is 0.216. The number of benzene rings is 1. The summed E-state index contributed by atoms with van der Waals surface area (Å²) in [6, 6.07) is 11.9. The van der Waals surface area contributed by atoms with E-state index in [2.05, 4.69) is 15.2 Å². The Bertz CT molecular complexity index is 813. The fourth-order valence-corrected chi connectivity index (χ4v) is 3.33. The Hall–Kier alpha value is -2.97. The number of amides is 2. The normalized spacial score (nSPS) is 19.9. The predicted octanol–water partition coefficient (Wildman–Crippen LogP) is 0.701. The van der Waals surface area contributed by atoms with Crippen molar-refractivity contribution in [1.29, 1.82) is 0 Å². The van der Waals surface area contributed by atoms with Crippen molar-refractivity contribution < 1.29 is 19.4 Å². The molecular weight excluding hydrogens is 372 g/mol. The standard InChI is InChI=1S/C21H26N4O4/c22-20(27)14-29-17-8-6-15(7-9-17)21(28)24-18-13-25(11-3-5-19(18)26)12-16-4-1-2-10-23-16/h1-2,4,6-10,18-19,26H,3,5,11-14H2,(H2,22,27)(H,24,28)/t18-,19-/m1/s1. The summed E-state index contributed by atoms with van der Waals surface area (Å²) < 4.78 is 5.20. The summed E-state index contributed by atoms with van der Waals surface area (Å²) in [5.74, 6) is -0.379. The first kappa shape index (κ1) is 20.8. The Morgan fingerprint density at radius 2 is 2.03 bits per heavy atom. The van der Waals surface area contributed by atoms with Gasteiger partial charge in [0.15, 0.2) is 6.61 Å². The zero-order chi connectivity index (χ0) is 20.6. The van der Waals surface area contributed by atoms with Gasteiger partial charge in [-0.1, -0.05) is 6.07 Å². The topological polar surface area (TPSA) is 118 Å². The number of rotatable bonds is 7. The van der Waals surface area contributed by atoms with Crippen molar-refractivity contribution in [2.24, 2.45) is 5.73 Å². The summed E-state index contributed by atoms with van der Waals surface area (Å²) in [6.07, 6.45) is 2.64. The van der Waals surface area contributed by atoms with Gasteiger partial charge in [0, 0.05) is 24.8 Å². The summed E-state index contributed by atoms with van der Waals surface area (Å²) in [4.78, 5) is 30.0. The zero-order valence-electron chi connectivity index (χ0n) is 16.2. The molecule has 2 aromatic rings. The number of hydrogen-bond acceptors (Lipinski definition) is 6. The molecule has 8 nitrogen and oxygen atoms in total. The summed E-state index contributed by atoms with van der Waals surface area (Å²) in [7, 11) is 0. The Morgan fingerprint density at radius 3 is 2.72 bits per heavy atom. The Kier molecular flexibility index (Phi) is 7.15. The summed E-state index contributed by atoms with van der Waals surface area (Å²) in [5, 5.41) is 13.4. The second-order valence-electron chi connectivity index (χ2n) is 7.13. The van der Waals surface area contributed by atoms with Crippen LogP contribution in [-0.2, 0) is 11.3 Å². The van der Waals surface area contributed by atoms with Crippen LogP contribution >= 0.6 is 0 Å². The highest BCUT2D eigenvalue weighted by atomic mass is 16.5. The van der Waals surface area contributed by atoms with Crippen molar-refractivity contribution >= 4 is 11.8 Å². The molecule has 0 bridgehead atoms. The van der Waals surface area contributed by atoms with E-state index < -0.39 is 12.0 Å². The molecule has 29 heavy (non-hydrogen) atoms. The van der Waals surface area contributed by atoms with Crippen LogP contribution in [-0.4, -0.2) is 58.6 Å². The van der Waals surface area contributed by atoms with Crippen LogP contribution in [0.15, 0.2) is 48.7 Å². The molecule has 154 valence electrons. The molecule has 2 atom stereocenters. The van der Waals surface area contributed by atoms with E-state index in [1.807, 2.05) is 18.2 Å². The van der Waals surface area contributed by atoms with Crippen molar-refractivity contribution in [2.75, 3.05) is 19.7 Å². The number of ether oxygens (including phenoxy) is 1. The Labute approximate surface area is 169 Å². The third-order valence-electron chi connectivity index (χ3n) is 4.82. The molecule has 1 aliphatic rings. The van der Waals surface area contributed by atoms with E-state index in [0.29, 0.717) is 30.8 Å². The van der Waals surface area contributed by atoms with Crippen LogP contribution in [0.25, 0.3) is 0 Å². The van der Waals surface area contributed by atoms with Crippen LogP contribution in [0.3, 0.4) is 0 Å². The first-order valence-electron chi connectivity index (χ1n) is 9.63. The van der Waals surface area contributed by atoms with Gasteiger partial charge in [0.05, 0.1) is 17.8 Å². The largest absolute Gasteiger partial charge is 0.484 e. The molecule has 3 rings (SSSR count). The highest BCUT2D eigenvalue weighted by Crippen LogP contribution is 2.16. The van der Waals surface area contributed by atoms with Gasteiger partial charge >= 0.3 is 0 Å². The Balaban J connectivity index is 1.60. The third-order valence-corrected chi connectivity index (χ3v) is 4.82. The van der Waals surface area contributed by atoms with Crippen molar-refractivity contribution in [1.82, 2.24) is 15.2 Å². The number of aliphatic hydroxyl groups excluding tert-OH is 1. The van der Waals surface area contributed by atoms with E-state index in [0.717, 1.165) is 18.7 Å². The molecule has 0 aliphatic carbocycles. The Morgan fingerprint density at radius 1 is 1.24 bits per heavy atom. The minimum Gasteiger partial charge on any atom is -0.484 e. The maximum absolute atomic E-state index is 12.6. The number of nitrogens with two attached hydrogens (primary N) is 1. The fourth-order valence-electron chi connectivity index (χ4n) is 3.33. The molecule has 4 N–H and O–H groups in total. The lowest BCUT2D eigenvalue weighted by Crippen LogP contribution is -2.48. The third kappa shape index (κ3) is 6.27. The van der Waals surface area contributed by atoms with E-state index in [-0.39, 0.29) is 18.6 Å². The van der Waals surface area contributed by atoms with Gasteiger partial charge in [-0.25, -0.2) is 0 Å². The molecule has 1 aromatic heterocycles. The quantitative estimate of drug-likeness (QED) is 0.632. The number of nitrogens with one attached hydrogen (secondary N) is 1. The van der Waals surface area contributed by atoms with Gasteiger partial charge in [0.2, 0.25) is 0 Å². The zero-order valence-corrected chi connectivity index (χ0v) is 16.2. The number of pyridine rings is 1. The first-order chi connectivity index (χ1) is 14.0. The molecule has 1 aromatic carbocycles. The highest BCUT2D eigenvalue weighted by molar-refractivity contribution is 5.94. The lowest BCUT2D eigenvalue weighted by atomic mass is 10.1. The van der Waals surface area contributed by atoms with Gasteiger partial charge in [-0.2, -0.15) is 0 Å². The van der Waals surface area contributed by atoms with Crippen LogP contribution < -0.4 is 15.8 Å². The molecule has 1 aliphatic heterocycles. The summed E-state index contributed by atoms with van der Waals surface area (Å²) >= 11 is 0. The van der Waals surface area contributed by atoms with E-state index in [1.165, 1.54) is 0 Å². The second-order valence-corrected chi connectivity index (χ2v) is 7.13. The van der Waals surface area contributed by atoms with E-state index in [1.54, 1.807) is 30.5 Å². The number of likely N-dealkylation sites (tertiary alicyclic amines) is 1. The van der Waals surface area contributed by atoms with Crippen LogP contribution in [0.2, 0.25) is 0 Å². The maximum Gasteiger partial charge on any atom is 0.255 e. The smallest absolute Gasteiger partial charge is 0.255 e. The van der Waals surface area contributed by atoms with E-state index >= 15 is 0 Å². The van der Waals surface area contributed by atoms with Crippen LogP contribution in [0.1, 0.15) is 28.9 Å². The number of carbonyl (C=O) groups excluding carboxylic acids is 2. The molecule has 1 fully saturated rings. The van der Waals surface area contributed by atoms with Crippen molar-refractivity contribution in [3.63, 3.8) is 0 Å². The number of hydrogen-bond donors (Lipinski definition) is 3. The SMILES string of the molecule is NC(=O)COc1ccc(C(=O)N[C@@H]2CN(Cc3ccccn3)CCC[C@H]2O)cc1. The average molecular weight is 398 g/mol. The highest BCUT2D eigenvalue weighted by Gasteiger charge is 2.27. The van der Waals surface area contributed by atoms with Crippen LogP contribution in [0, 0.1) is 0 Å². The molecular formula is C21H26N4O4. The molecule has 0 unspecified atom stereocenters. The lowest BCUT2D eigenvalue weighted by molar-refractivity contribution is -0.119. The van der Waals surface area contributed by atoms with Gasteiger partial charge in [-0.15, -0.1) is 0 Å². The molecule has 0 saturated carbocycles. The first-order valence-corrected chi connectivity index (χ1v) is 9.63. The average Bonchev–Trinajstić information content (AvgIpc) is 2.88. The fraction of sp³-hybridized carbons (Fsp3) is 0.381. The van der Waals surface area contributed by atoms with E-state index in [4.69, 9.17) is 10.5 Å². The monoisotopic (exact) mass is 398 g/mol. The number of primary amides is 1. The number of aromatic nitrogens is 1. The van der Waals surface area contributed by atoms with Crippen molar-refractivity contribution in [2.45, 2.75) is 31.5 Å². The van der Waals surface area contributed by atoms with Crippen molar-refractivity contribution in [3.8, 4) is 5.75 Å². The van der Waals surface area contributed by atoms with Crippen LogP contribution in [0.4, 0.5) is 0 Å². The molecule has 2 amide bonds. The molecule has 0 radical (unpaired) electrons. The van der Waals surface area contributed by atoms with Gasteiger partial charge in [0.25, 0.3) is 11.8 Å². The van der Waals surface area contributed by atoms with Crippen molar-refractivity contribution in [3.05, 3.63) is 59.9 Å². The predicted molar refractivity (Wildman–Crippen MR) is 107 cm³/mol. The van der Waals surface area contributed by atoms with Gasteiger partial charge in [-0.3, -0.25) is 19.5 Å². The maximum atomic E-state index is 12.6. The van der Waals surface area contributed by atoms with Crippen LogP contribution in [0.5, 0.6) is 5.75 Å². The van der Waals surface area contributed by atoms with Gasteiger partial charge in [-0.05, 0) is 55.8 Å². The second kappa shape index (κ2) is 9.99. The number of carbonyl (C=O) groups is 2. The van der Waals surface area contributed by atoms with Gasteiger partial charge in [0.1, 0.15) is 5.75 Å². The molecule has 0 spiro atoms. The minimum atomic E-state index is -0.606. The molecule has 1 saturated heterocycles. The lowest BCUT2D eigenvalue weighted by Gasteiger charge is -2.27. The number of nitrogens with zero attached hydrogens (tertiary/aromatic N) is 2. The summed E-state index contributed by atoms with van der Waals surface area (Å²) in [6.45, 7) is 1.84. The molecule has 2 heterocycles. The molecule has 8 heteroatoms.